The summed E-state index contributed by atoms with van der Waals surface area (Å²) in [5.41, 5.74) is 5.04. The van der Waals surface area contributed by atoms with Gasteiger partial charge in [-0.25, -0.2) is 0 Å². The van der Waals surface area contributed by atoms with Crippen molar-refractivity contribution in [2.24, 2.45) is 5.73 Å². The van der Waals surface area contributed by atoms with E-state index in [0.29, 0.717) is 12.2 Å². The molecule has 0 saturated carbocycles. The SMILES string of the molecule is NC1CC(=O)N(c2ccc(C(F)(F)F)c(Cl)c2)C1. The first-order chi connectivity index (χ1) is 8.29. The number of hydrogen-bond acceptors (Lipinski definition) is 2. The lowest BCUT2D eigenvalue weighted by Crippen LogP contribution is -2.28. The number of amides is 1. The maximum atomic E-state index is 12.5. The molecule has 0 bridgehead atoms. The van der Waals surface area contributed by atoms with Crippen LogP contribution in [0.2, 0.25) is 5.02 Å². The van der Waals surface area contributed by atoms with Crippen molar-refractivity contribution in [2.75, 3.05) is 11.4 Å². The Morgan fingerprint density at radius 1 is 1.39 bits per heavy atom. The molecule has 1 saturated heterocycles. The van der Waals surface area contributed by atoms with E-state index >= 15 is 0 Å². The van der Waals surface area contributed by atoms with Gasteiger partial charge in [0, 0.05) is 24.7 Å². The largest absolute Gasteiger partial charge is 0.417 e. The average molecular weight is 279 g/mol. The van der Waals surface area contributed by atoms with E-state index in [1.165, 1.54) is 11.0 Å². The quantitative estimate of drug-likeness (QED) is 0.857. The third-order valence-corrected chi connectivity index (χ3v) is 3.04. The minimum atomic E-state index is -4.50. The monoisotopic (exact) mass is 278 g/mol. The standard InChI is InChI=1S/C11H10ClF3N2O/c12-9-4-7(1-2-8(9)11(13,14)15)17-5-6(16)3-10(17)18/h1-2,4,6H,3,5,16H2. The second-order valence-corrected chi connectivity index (χ2v) is 4.54. The molecule has 1 aromatic rings. The summed E-state index contributed by atoms with van der Waals surface area (Å²) in [7, 11) is 0. The van der Waals surface area contributed by atoms with Gasteiger partial charge in [-0.05, 0) is 18.2 Å². The number of rotatable bonds is 1. The highest BCUT2D eigenvalue weighted by molar-refractivity contribution is 6.31. The first-order valence-corrected chi connectivity index (χ1v) is 5.59. The average Bonchev–Trinajstić information content (AvgIpc) is 2.55. The summed E-state index contributed by atoms with van der Waals surface area (Å²) in [6, 6.07) is 2.94. The molecule has 1 atom stereocenters. The number of nitrogens with zero attached hydrogens (tertiary/aromatic N) is 1. The first-order valence-electron chi connectivity index (χ1n) is 5.21. The van der Waals surface area contributed by atoms with E-state index in [0.717, 1.165) is 12.1 Å². The molecule has 0 aromatic heterocycles. The number of alkyl halides is 3. The fourth-order valence-electron chi connectivity index (χ4n) is 1.89. The van der Waals surface area contributed by atoms with Crippen molar-refractivity contribution >= 4 is 23.2 Å². The molecule has 18 heavy (non-hydrogen) atoms. The van der Waals surface area contributed by atoms with Crippen LogP contribution in [0, 0.1) is 0 Å². The van der Waals surface area contributed by atoms with Gasteiger partial charge in [-0.2, -0.15) is 13.2 Å². The van der Waals surface area contributed by atoms with Crippen molar-refractivity contribution in [3.8, 4) is 0 Å². The molecule has 1 unspecified atom stereocenters. The molecular weight excluding hydrogens is 269 g/mol. The van der Waals surface area contributed by atoms with E-state index in [1.54, 1.807) is 0 Å². The zero-order valence-corrected chi connectivity index (χ0v) is 9.92. The van der Waals surface area contributed by atoms with E-state index in [-0.39, 0.29) is 18.4 Å². The molecule has 0 radical (unpaired) electrons. The summed E-state index contributed by atoms with van der Waals surface area (Å²) >= 11 is 5.59. The molecule has 1 aromatic carbocycles. The van der Waals surface area contributed by atoms with Crippen LogP contribution < -0.4 is 10.6 Å². The van der Waals surface area contributed by atoms with Crippen LogP contribution >= 0.6 is 11.6 Å². The maximum absolute atomic E-state index is 12.5. The third kappa shape index (κ3) is 2.44. The van der Waals surface area contributed by atoms with E-state index in [4.69, 9.17) is 17.3 Å². The van der Waals surface area contributed by atoms with E-state index in [1.807, 2.05) is 0 Å². The van der Waals surface area contributed by atoms with Crippen molar-refractivity contribution in [1.82, 2.24) is 0 Å². The zero-order chi connectivity index (χ0) is 13.5. The summed E-state index contributed by atoms with van der Waals surface area (Å²) in [6.45, 7) is 0.292. The van der Waals surface area contributed by atoms with Gasteiger partial charge in [0.25, 0.3) is 0 Å². The minimum absolute atomic E-state index is 0.193. The van der Waals surface area contributed by atoms with Crippen LogP contribution in [0.5, 0.6) is 0 Å². The van der Waals surface area contributed by atoms with Gasteiger partial charge in [0.05, 0.1) is 10.6 Å². The molecule has 1 heterocycles. The lowest BCUT2D eigenvalue weighted by atomic mass is 10.2. The highest BCUT2D eigenvalue weighted by atomic mass is 35.5. The Hall–Kier alpha value is -1.27. The Kier molecular flexibility index (Phi) is 3.25. The van der Waals surface area contributed by atoms with Gasteiger partial charge < -0.3 is 10.6 Å². The number of benzene rings is 1. The van der Waals surface area contributed by atoms with Crippen molar-refractivity contribution in [1.29, 1.82) is 0 Å². The molecule has 98 valence electrons. The molecule has 1 amide bonds. The Labute approximate surface area is 106 Å². The highest BCUT2D eigenvalue weighted by Gasteiger charge is 2.34. The summed E-state index contributed by atoms with van der Waals surface area (Å²) in [5, 5.41) is -0.423. The van der Waals surface area contributed by atoms with Gasteiger partial charge in [-0.3, -0.25) is 4.79 Å². The van der Waals surface area contributed by atoms with Gasteiger partial charge in [0.15, 0.2) is 0 Å². The van der Waals surface area contributed by atoms with E-state index < -0.39 is 16.8 Å². The fourth-order valence-corrected chi connectivity index (χ4v) is 2.17. The topological polar surface area (TPSA) is 46.3 Å². The molecule has 1 fully saturated rings. The fraction of sp³-hybridized carbons (Fsp3) is 0.364. The number of carbonyl (C=O) groups excluding carboxylic acids is 1. The minimum Gasteiger partial charge on any atom is -0.326 e. The number of anilines is 1. The zero-order valence-electron chi connectivity index (χ0n) is 9.17. The smallest absolute Gasteiger partial charge is 0.326 e. The van der Waals surface area contributed by atoms with Gasteiger partial charge >= 0.3 is 6.18 Å². The second kappa shape index (κ2) is 4.44. The molecule has 2 rings (SSSR count). The number of nitrogens with two attached hydrogens (primary N) is 1. The number of carbonyl (C=O) groups is 1. The molecule has 1 aliphatic heterocycles. The summed E-state index contributed by atoms with van der Waals surface area (Å²) in [4.78, 5) is 12.9. The van der Waals surface area contributed by atoms with Gasteiger partial charge in [-0.1, -0.05) is 11.6 Å². The molecule has 1 aliphatic rings. The van der Waals surface area contributed by atoms with Crippen molar-refractivity contribution < 1.29 is 18.0 Å². The first kappa shape index (κ1) is 13.2. The van der Waals surface area contributed by atoms with Crippen molar-refractivity contribution in [2.45, 2.75) is 18.6 Å². The Morgan fingerprint density at radius 3 is 2.50 bits per heavy atom. The summed E-state index contributed by atoms with van der Waals surface area (Å²) in [6.07, 6.45) is -4.31. The Bertz CT molecular complexity index is 490. The predicted octanol–water partition coefficient (Wildman–Crippen LogP) is 2.42. The molecule has 0 spiro atoms. The van der Waals surface area contributed by atoms with Crippen LogP contribution in [0.4, 0.5) is 18.9 Å². The van der Waals surface area contributed by atoms with Crippen LogP contribution in [0.15, 0.2) is 18.2 Å². The van der Waals surface area contributed by atoms with Gasteiger partial charge in [-0.15, -0.1) is 0 Å². The molecule has 2 N–H and O–H groups in total. The molecule has 3 nitrogen and oxygen atoms in total. The van der Waals surface area contributed by atoms with Crippen molar-refractivity contribution in [3.05, 3.63) is 28.8 Å². The Morgan fingerprint density at radius 2 is 2.06 bits per heavy atom. The molecule has 0 aliphatic carbocycles. The Balaban J connectivity index is 2.32. The van der Waals surface area contributed by atoms with Crippen LogP contribution in [-0.4, -0.2) is 18.5 Å². The molecule has 7 heteroatoms. The predicted molar refractivity (Wildman–Crippen MR) is 61.4 cm³/mol. The second-order valence-electron chi connectivity index (χ2n) is 4.13. The van der Waals surface area contributed by atoms with Gasteiger partial charge in [0.2, 0.25) is 5.91 Å². The summed E-state index contributed by atoms with van der Waals surface area (Å²) < 4.78 is 37.5. The lowest BCUT2D eigenvalue weighted by Gasteiger charge is -2.18. The normalized spacial score (nSPS) is 20.6. The van der Waals surface area contributed by atoms with E-state index in [2.05, 4.69) is 0 Å². The van der Waals surface area contributed by atoms with Crippen LogP contribution in [0.25, 0.3) is 0 Å². The van der Waals surface area contributed by atoms with Crippen LogP contribution in [0.1, 0.15) is 12.0 Å². The number of halogens is 4. The van der Waals surface area contributed by atoms with Crippen molar-refractivity contribution in [3.63, 3.8) is 0 Å². The lowest BCUT2D eigenvalue weighted by molar-refractivity contribution is -0.137. The van der Waals surface area contributed by atoms with Crippen LogP contribution in [0.3, 0.4) is 0 Å². The molecular formula is C11H10ClF3N2O. The summed E-state index contributed by atoms with van der Waals surface area (Å²) in [5.74, 6) is -0.210. The third-order valence-electron chi connectivity index (χ3n) is 2.72. The van der Waals surface area contributed by atoms with Gasteiger partial charge in [0.1, 0.15) is 0 Å². The number of hydrogen-bond donors (Lipinski definition) is 1. The van der Waals surface area contributed by atoms with Crippen LogP contribution in [-0.2, 0) is 11.0 Å². The highest BCUT2D eigenvalue weighted by Crippen LogP contribution is 2.37. The maximum Gasteiger partial charge on any atom is 0.417 e. The van der Waals surface area contributed by atoms with E-state index in [9.17, 15) is 18.0 Å².